The summed E-state index contributed by atoms with van der Waals surface area (Å²) in [7, 11) is 0. The van der Waals surface area contributed by atoms with Crippen molar-refractivity contribution in [1.82, 2.24) is 0 Å². The predicted molar refractivity (Wildman–Crippen MR) is 81.6 cm³/mol. The molecule has 0 bridgehead atoms. The van der Waals surface area contributed by atoms with Crippen LogP contribution in [-0.2, 0) is 0 Å². The second kappa shape index (κ2) is 6.58. The van der Waals surface area contributed by atoms with Gasteiger partial charge in [-0.2, -0.15) is 0 Å². The Morgan fingerprint density at radius 1 is 1.00 bits per heavy atom. The Kier molecular flexibility index (Phi) is 4.80. The Morgan fingerprint density at radius 3 is 2.42 bits per heavy atom. The van der Waals surface area contributed by atoms with Crippen molar-refractivity contribution in [3.63, 3.8) is 0 Å². The van der Waals surface area contributed by atoms with Crippen molar-refractivity contribution >= 4 is 10.8 Å². The standard InChI is InChI=1S/C17H23NO/c1-3-7-16(18)14-10-11-17(19-12-4-2)15-9-6-5-8-13(14)15/h5-6,8-11,16H,3-4,7,12,18H2,1-2H3. The molecule has 0 spiro atoms. The summed E-state index contributed by atoms with van der Waals surface area (Å²) in [6.45, 7) is 5.04. The molecule has 2 aromatic rings. The minimum Gasteiger partial charge on any atom is -0.493 e. The molecule has 0 saturated heterocycles. The lowest BCUT2D eigenvalue weighted by molar-refractivity contribution is 0.321. The van der Waals surface area contributed by atoms with Gasteiger partial charge < -0.3 is 10.5 Å². The first-order valence-corrected chi connectivity index (χ1v) is 7.18. The van der Waals surface area contributed by atoms with Gasteiger partial charge in [-0.25, -0.2) is 0 Å². The van der Waals surface area contributed by atoms with Crippen molar-refractivity contribution in [2.24, 2.45) is 5.73 Å². The van der Waals surface area contributed by atoms with Gasteiger partial charge in [0.2, 0.25) is 0 Å². The first-order valence-electron chi connectivity index (χ1n) is 7.18. The number of fused-ring (bicyclic) bond motifs is 1. The Hall–Kier alpha value is -1.54. The molecule has 2 rings (SSSR count). The van der Waals surface area contributed by atoms with Crippen molar-refractivity contribution in [3.8, 4) is 5.75 Å². The second-order valence-corrected chi connectivity index (χ2v) is 4.94. The number of hydrogen-bond donors (Lipinski definition) is 1. The van der Waals surface area contributed by atoms with Gasteiger partial charge in [0.1, 0.15) is 5.75 Å². The van der Waals surface area contributed by atoms with Crippen LogP contribution in [0.1, 0.15) is 44.7 Å². The van der Waals surface area contributed by atoms with Crippen molar-refractivity contribution in [2.75, 3.05) is 6.61 Å². The molecule has 1 unspecified atom stereocenters. The molecule has 0 aliphatic rings. The monoisotopic (exact) mass is 257 g/mol. The Bertz CT molecular complexity index is 536. The summed E-state index contributed by atoms with van der Waals surface area (Å²) in [4.78, 5) is 0. The quantitative estimate of drug-likeness (QED) is 0.831. The first-order chi connectivity index (χ1) is 9.27. The third-order valence-corrected chi connectivity index (χ3v) is 3.38. The molecule has 1 atom stereocenters. The van der Waals surface area contributed by atoms with Crippen molar-refractivity contribution in [2.45, 2.75) is 39.2 Å². The molecular formula is C17H23NO. The average Bonchev–Trinajstić information content (AvgIpc) is 2.45. The molecule has 0 heterocycles. The third kappa shape index (κ3) is 3.07. The van der Waals surface area contributed by atoms with Gasteiger partial charge in [-0.3, -0.25) is 0 Å². The highest BCUT2D eigenvalue weighted by molar-refractivity contribution is 5.91. The van der Waals surface area contributed by atoms with Crippen LogP contribution in [0.4, 0.5) is 0 Å². The minimum absolute atomic E-state index is 0.107. The number of hydrogen-bond acceptors (Lipinski definition) is 2. The van der Waals surface area contributed by atoms with E-state index in [2.05, 4.69) is 50.2 Å². The van der Waals surface area contributed by atoms with E-state index in [-0.39, 0.29) is 6.04 Å². The van der Waals surface area contributed by atoms with E-state index >= 15 is 0 Å². The molecule has 2 heteroatoms. The summed E-state index contributed by atoms with van der Waals surface area (Å²) in [5, 5.41) is 2.39. The van der Waals surface area contributed by atoms with Crippen molar-refractivity contribution < 1.29 is 4.74 Å². The molecule has 2 aromatic carbocycles. The van der Waals surface area contributed by atoms with E-state index in [1.807, 2.05) is 0 Å². The van der Waals surface area contributed by atoms with Crippen LogP contribution in [0, 0.1) is 0 Å². The van der Waals surface area contributed by atoms with Gasteiger partial charge in [-0.1, -0.05) is 50.6 Å². The van der Waals surface area contributed by atoms with Gasteiger partial charge in [0.25, 0.3) is 0 Å². The van der Waals surface area contributed by atoms with Gasteiger partial charge in [-0.15, -0.1) is 0 Å². The van der Waals surface area contributed by atoms with Gasteiger partial charge in [0.05, 0.1) is 6.61 Å². The predicted octanol–water partition coefficient (Wildman–Crippen LogP) is 4.43. The normalized spacial score (nSPS) is 12.6. The summed E-state index contributed by atoms with van der Waals surface area (Å²) in [6, 6.07) is 12.7. The van der Waals surface area contributed by atoms with E-state index in [4.69, 9.17) is 10.5 Å². The molecule has 0 aliphatic heterocycles. The Labute approximate surface area is 115 Å². The van der Waals surface area contributed by atoms with Gasteiger partial charge in [0, 0.05) is 11.4 Å². The lowest BCUT2D eigenvalue weighted by atomic mass is 9.96. The van der Waals surface area contributed by atoms with E-state index in [9.17, 15) is 0 Å². The van der Waals surface area contributed by atoms with E-state index in [0.717, 1.165) is 31.6 Å². The molecule has 0 aliphatic carbocycles. The van der Waals surface area contributed by atoms with E-state index < -0.39 is 0 Å². The fourth-order valence-corrected chi connectivity index (χ4v) is 2.42. The molecule has 0 amide bonds. The third-order valence-electron chi connectivity index (χ3n) is 3.38. The lowest BCUT2D eigenvalue weighted by Gasteiger charge is -2.16. The zero-order chi connectivity index (χ0) is 13.7. The molecule has 102 valence electrons. The maximum Gasteiger partial charge on any atom is 0.127 e. The number of nitrogens with two attached hydrogens (primary N) is 1. The smallest absolute Gasteiger partial charge is 0.127 e. The van der Waals surface area contributed by atoms with Crippen LogP contribution in [0.25, 0.3) is 10.8 Å². The fraction of sp³-hybridized carbons (Fsp3) is 0.412. The van der Waals surface area contributed by atoms with Crippen LogP contribution in [0.2, 0.25) is 0 Å². The van der Waals surface area contributed by atoms with Crippen LogP contribution in [0.3, 0.4) is 0 Å². The van der Waals surface area contributed by atoms with Gasteiger partial charge >= 0.3 is 0 Å². The molecule has 0 fully saturated rings. The van der Waals surface area contributed by atoms with Crippen LogP contribution in [-0.4, -0.2) is 6.61 Å². The first kappa shape index (κ1) is 13.9. The van der Waals surface area contributed by atoms with E-state index in [0.29, 0.717) is 0 Å². The number of ether oxygens (including phenoxy) is 1. The molecule has 19 heavy (non-hydrogen) atoms. The molecule has 0 aromatic heterocycles. The summed E-state index contributed by atoms with van der Waals surface area (Å²) >= 11 is 0. The topological polar surface area (TPSA) is 35.2 Å². The molecule has 2 N–H and O–H groups in total. The zero-order valence-corrected chi connectivity index (χ0v) is 11.9. The summed E-state index contributed by atoms with van der Waals surface area (Å²) in [6.07, 6.45) is 3.13. The van der Waals surface area contributed by atoms with Gasteiger partial charge in [-0.05, 0) is 29.9 Å². The fourth-order valence-electron chi connectivity index (χ4n) is 2.42. The van der Waals surface area contributed by atoms with Crippen LogP contribution < -0.4 is 10.5 Å². The Morgan fingerprint density at radius 2 is 1.74 bits per heavy atom. The average molecular weight is 257 g/mol. The van der Waals surface area contributed by atoms with Crippen LogP contribution in [0.5, 0.6) is 5.75 Å². The highest BCUT2D eigenvalue weighted by Gasteiger charge is 2.11. The van der Waals surface area contributed by atoms with Gasteiger partial charge in [0.15, 0.2) is 0 Å². The highest BCUT2D eigenvalue weighted by atomic mass is 16.5. The maximum atomic E-state index is 6.28. The second-order valence-electron chi connectivity index (χ2n) is 4.94. The van der Waals surface area contributed by atoms with Crippen molar-refractivity contribution in [3.05, 3.63) is 42.0 Å². The minimum atomic E-state index is 0.107. The summed E-state index contributed by atoms with van der Waals surface area (Å²) < 4.78 is 5.82. The molecule has 0 saturated carbocycles. The van der Waals surface area contributed by atoms with Crippen LogP contribution in [0.15, 0.2) is 36.4 Å². The Balaban J connectivity index is 2.45. The highest BCUT2D eigenvalue weighted by Crippen LogP contribution is 2.32. The van der Waals surface area contributed by atoms with E-state index in [1.165, 1.54) is 16.3 Å². The lowest BCUT2D eigenvalue weighted by Crippen LogP contribution is -2.10. The zero-order valence-electron chi connectivity index (χ0n) is 11.9. The summed E-state index contributed by atoms with van der Waals surface area (Å²) in [5.74, 6) is 0.963. The largest absolute Gasteiger partial charge is 0.493 e. The SMILES string of the molecule is CCCOc1ccc(C(N)CCC)c2ccccc12. The number of rotatable bonds is 6. The van der Waals surface area contributed by atoms with Crippen LogP contribution >= 0.6 is 0 Å². The number of benzene rings is 2. The van der Waals surface area contributed by atoms with Crippen molar-refractivity contribution in [1.29, 1.82) is 0 Å². The molecule has 2 nitrogen and oxygen atoms in total. The van der Waals surface area contributed by atoms with E-state index in [1.54, 1.807) is 0 Å². The summed E-state index contributed by atoms with van der Waals surface area (Å²) in [5.41, 5.74) is 7.50. The molecule has 0 radical (unpaired) electrons. The maximum absolute atomic E-state index is 6.28. The molecular weight excluding hydrogens is 234 g/mol.